The van der Waals surface area contributed by atoms with E-state index in [0.717, 1.165) is 19.3 Å². The second-order valence-electron chi connectivity index (χ2n) is 4.80. The minimum Gasteiger partial charge on any atom is -0.461 e. The first kappa shape index (κ1) is 11.4. The van der Waals surface area contributed by atoms with Gasteiger partial charge >= 0.3 is 5.97 Å². The first-order valence-electron chi connectivity index (χ1n) is 6.06. The van der Waals surface area contributed by atoms with Crippen LogP contribution in [0.1, 0.15) is 40.0 Å². The summed E-state index contributed by atoms with van der Waals surface area (Å²) in [5, 5.41) is 3.96. The fraction of sp³-hybridized carbons (Fsp3) is 0.833. The van der Waals surface area contributed by atoms with Crippen LogP contribution in [0.15, 0.2) is 5.16 Å². The fourth-order valence-corrected chi connectivity index (χ4v) is 2.94. The van der Waals surface area contributed by atoms with Gasteiger partial charge in [-0.15, -0.1) is 0 Å². The van der Waals surface area contributed by atoms with Gasteiger partial charge < -0.3 is 9.57 Å². The standard InChI is InChI=1S/C12H19NO3/c1-4-12-7-8(3)6-9(12)10(13-16-12)11(14)15-5-2/h8-9H,4-7H2,1-3H3/t8?,9-,12-/m1/s1. The van der Waals surface area contributed by atoms with E-state index in [4.69, 9.17) is 9.57 Å². The van der Waals surface area contributed by atoms with E-state index in [1.54, 1.807) is 6.92 Å². The van der Waals surface area contributed by atoms with E-state index >= 15 is 0 Å². The summed E-state index contributed by atoms with van der Waals surface area (Å²) in [6.07, 6.45) is 2.86. The Kier molecular flexibility index (Phi) is 2.91. The van der Waals surface area contributed by atoms with Crippen molar-refractivity contribution in [3.05, 3.63) is 0 Å². The predicted octanol–water partition coefficient (Wildman–Crippen LogP) is 2.13. The molecular weight excluding hydrogens is 206 g/mol. The molecule has 0 radical (unpaired) electrons. The number of carbonyl (C=O) groups excluding carboxylic acids is 1. The summed E-state index contributed by atoms with van der Waals surface area (Å²) in [5.41, 5.74) is 0.259. The van der Waals surface area contributed by atoms with Crippen molar-refractivity contribution in [3.8, 4) is 0 Å². The zero-order chi connectivity index (χ0) is 11.8. The van der Waals surface area contributed by atoms with E-state index in [2.05, 4.69) is 19.0 Å². The molecule has 0 amide bonds. The lowest BCUT2D eigenvalue weighted by atomic mass is 9.85. The Hall–Kier alpha value is -1.06. The number of nitrogens with zero attached hydrogens (tertiary/aromatic N) is 1. The number of oxime groups is 1. The van der Waals surface area contributed by atoms with Gasteiger partial charge in [-0.25, -0.2) is 4.79 Å². The molecule has 0 bridgehead atoms. The van der Waals surface area contributed by atoms with Crippen molar-refractivity contribution < 1.29 is 14.4 Å². The van der Waals surface area contributed by atoms with E-state index in [1.165, 1.54) is 0 Å². The number of carbonyl (C=O) groups is 1. The molecule has 0 aromatic rings. The quantitative estimate of drug-likeness (QED) is 0.691. The van der Waals surface area contributed by atoms with Crippen molar-refractivity contribution >= 4 is 11.7 Å². The molecule has 0 aromatic carbocycles. The SMILES string of the molecule is CCOC(=O)C1=NO[C@]2(CC)CC(C)C[C@H]12. The lowest BCUT2D eigenvalue weighted by Crippen LogP contribution is -2.36. The first-order chi connectivity index (χ1) is 7.63. The van der Waals surface area contributed by atoms with Gasteiger partial charge in [0, 0.05) is 0 Å². The number of rotatable bonds is 3. The van der Waals surface area contributed by atoms with E-state index in [1.807, 2.05) is 0 Å². The Morgan fingerprint density at radius 3 is 3.00 bits per heavy atom. The highest BCUT2D eigenvalue weighted by Gasteiger charge is 2.55. The molecule has 1 fully saturated rings. The summed E-state index contributed by atoms with van der Waals surface area (Å²) in [4.78, 5) is 17.3. The van der Waals surface area contributed by atoms with Gasteiger partial charge in [-0.1, -0.05) is 19.0 Å². The largest absolute Gasteiger partial charge is 0.461 e. The monoisotopic (exact) mass is 225 g/mol. The van der Waals surface area contributed by atoms with Crippen LogP contribution in [0.5, 0.6) is 0 Å². The zero-order valence-electron chi connectivity index (χ0n) is 10.2. The van der Waals surface area contributed by atoms with Gasteiger partial charge in [-0.05, 0) is 32.1 Å². The van der Waals surface area contributed by atoms with Crippen molar-refractivity contribution in [2.45, 2.75) is 45.6 Å². The molecule has 1 heterocycles. The molecule has 3 atom stereocenters. The Balaban J connectivity index is 2.17. The van der Waals surface area contributed by atoms with Crippen molar-refractivity contribution in [2.24, 2.45) is 17.0 Å². The first-order valence-corrected chi connectivity index (χ1v) is 6.06. The second kappa shape index (κ2) is 4.07. The molecular formula is C12H19NO3. The molecule has 1 aliphatic carbocycles. The Bertz CT molecular complexity index is 326. The summed E-state index contributed by atoms with van der Waals surface area (Å²) in [6.45, 7) is 6.48. The molecule has 2 rings (SSSR count). The molecule has 0 saturated heterocycles. The number of esters is 1. The van der Waals surface area contributed by atoms with Gasteiger partial charge in [0.1, 0.15) is 5.60 Å². The van der Waals surface area contributed by atoms with Crippen LogP contribution in [0.3, 0.4) is 0 Å². The third-order valence-electron chi connectivity index (χ3n) is 3.71. The molecule has 0 N–H and O–H groups in total. The fourth-order valence-electron chi connectivity index (χ4n) is 2.94. The van der Waals surface area contributed by atoms with E-state index in [-0.39, 0.29) is 17.5 Å². The van der Waals surface area contributed by atoms with E-state index < -0.39 is 0 Å². The maximum atomic E-state index is 11.7. The maximum absolute atomic E-state index is 11.7. The normalized spacial score (nSPS) is 36.6. The van der Waals surface area contributed by atoms with Crippen LogP contribution >= 0.6 is 0 Å². The van der Waals surface area contributed by atoms with E-state index in [0.29, 0.717) is 18.2 Å². The molecule has 1 aliphatic heterocycles. The second-order valence-corrected chi connectivity index (χ2v) is 4.80. The van der Waals surface area contributed by atoms with Crippen LogP contribution in [-0.2, 0) is 14.4 Å². The van der Waals surface area contributed by atoms with Crippen LogP contribution in [0.4, 0.5) is 0 Å². The van der Waals surface area contributed by atoms with Crippen LogP contribution in [-0.4, -0.2) is 23.9 Å². The van der Waals surface area contributed by atoms with Gasteiger partial charge in [0.15, 0.2) is 5.71 Å². The average molecular weight is 225 g/mol. The minimum atomic E-state index is -0.308. The van der Waals surface area contributed by atoms with Gasteiger partial charge in [0.25, 0.3) is 0 Å². The van der Waals surface area contributed by atoms with Crippen LogP contribution in [0, 0.1) is 11.8 Å². The molecule has 16 heavy (non-hydrogen) atoms. The highest BCUT2D eigenvalue weighted by atomic mass is 16.7. The summed E-state index contributed by atoms with van der Waals surface area (Å²) >= 11 is 0. The summed E-state index contributed by atoms with van der Waals surface area (Å²) in [5.74, 6) is 0.411. The molecule has 0 aromatic heterocycles. The van der Waals surface area contributed by atoms with Gasteiger partial charge in [0.2, 0.25) is 0 Å². The molecule has 0 spiro atoms. The maximum Gasteiger partial charge on any atom is 0.356 e. The van der Waals surface area contributed by atoms with Crippen LogP contribution in [0.25, 0.3) is 0 Å². The van der Waals surface area contributed by atoms with Crippen molar-refractivity contribution in [1.29, 1.82) is 0 Å². The number of hydrogen-bond acceptors (Lipinski definition) is 4. The highest BCUT2D eigenvalue weighted by Crippen LogP contribution is 2.48. The Morgan fingerprint density at radius 1 is 1.62 bits per heavy atom. The molecule has 2 aliphatic rings. The van der Waals surface area contributed by atoms with Gasteiger partial charge in [-0.2, -0.15) is 0 Å². The number of fused-ring (bicyclic) bond motifs is 1. The molecule has 4 heteroatoms. The van der Waals surface area contributed by atoms with Crippen LogP contribution < -0.4 is 0 Å². The van der Waals surface area contributed by atoms with Crippen molar-refractivity contribution in [1.82, 2.24) is 0 Å². The smallest absolute Gasteiger partial charge is 0.356 e. The Labute approximate surface area is 96.0 Å². The average Bonchev–Trinajstić information content (AvgIpc) is 2.72. The third-order valence-corrected chi connectivity index (χ3v) is 3.71. The number of hydrogen-bond donors (Lipinski definition) is 0. The van der Waals surface area contributed by atoms with Gasteiger partial charge in [-0.3, -0.25) is 0 Å². The molecule has 1 unspecified atom stereocenters. The predicted molar refractivity (Wildman–Crippen MR) is 60.1 cm³/mol. The lowest BCUT2D eigenvalue weighted by Gasteiger charge is -2.24. The molecule has 4 nitrogen and oxygen atoms in total. The topological polar surface area (TPSA) is 47.9 Å². The molecule has 90 valence electrons. The van der Waals surface area contributed by atoms with E-state index in [9.17, 15) is 4.79 Å². The zero-order valence-corrected chi connectivity index (χ0v) is 10.2. The third kappa shape index (κ3) is 1.60. The minimum absolute atomic E-state index is 0.131. The van der Waals surface area contributed by atoms with Gasteiger partial charge in [0.05, 0.1) is 12.5 Å². The van der Waals surface area contributed by atoms with Crippen molar-refractivity contribution in [3.63, 3.8) is 0 Å². The summed E-state index contributed by atoms with van der Waals surface area (Å²) < 4.78 is 5.01. The Morgan fingerprint density at radius 2 is 2.38 bits per heavy atom. The summed E-state index contributed by atoms with van der Waals surface area (Å²) in [6, 6.07) is 0. The number of ether oxygens (including phenoxy) is 1. The molecule has 1 saturated carbocycles. The lowest BCUT2D eigenvalue weighted by molar-refractivity contribution is -0.135. The summed E-state index contributed by atoms with van der Waals surface area (Å²) in [7, 11) is 0. The van der Waals surface area contributed by atoms with Crippen molar-refractivity contribution in [2.75, 3.05) is 6.61 Å². The van der Waals surface area contributed by atoms with Crippen LogP contribution in [0.2, 0.25) is 0 Å². The highest BCUT2D eigenvalue weighted by molar-refractivity contribution is 6.37.